The first kappa shape index (κ1) is 12.2. The number of aliphatic hydroxyl groups is 1. The minimum atomic E-state index is 0.105. The molecule has 0 radical (unpaired) electrons. The lowest BCUT2D eigenvalue weighted by Crippen LogP contribution is -2.29. The maximum atomic E-state index is 8.88. The van der Waals surface area contributed by atoms with Gasteiger partial charge in [-0.2, -0.15) is 0 Å². The number of benzene rings is 1. The highest BCUT2D eigenvalue weighted by Gasteiger charge is 2.00. The largest absolute Gasteiger partial charge is 0.392 e. The van der Waals surface area contributed by atoms with Gasteiger partial charge in [0, 0.05) is 19.7 Å². The predicted octanol–water partition coefficient (Wildman–Crippen LogP) is 1.30. The highest BCUT2D eigenvalue weighted by atomic mass is 16.5. The molecule has 15 heavy (non-hydrogen) atoms. The van der Waals surface area contributed by atoms with Gasteiger partial charge in [-0.15, -0.1) is 0 Å². The van der Waals surface area contributed by atoms with Crippen LogP contribution in [0.5, 0.6) is 0 Å². The van der Waals surface area contributed by atoms with Crippen LogP contribution in [0.4, 0.5) is 0 Å². The second-order valence-electron chi connectivity index (χ2n) is 3.71. The third kappa shape index (κ3) is 4.42. The maximum Gasteiger partial charge on any atom is 0.0681 e. The number of methoxy groups -OCH3 is 1. The van der Waals surface area contributed by atoms with Crippen LogP contribution in [0.2, 0.25) is 0 Å². The zero-order valence-corrected chi connectivity index (χ0v) is 9.36. The zero-order chi connectivity index (χ0) is 11.1. The van der Waals surface area contributed by atoms with Gasteiger partial charge in [0.2, 0.25) is 0 Å². The SMILES string of the molecule is COCC(C)NCc1ccc(CO)cc1. The molecule has 0 bridgehead atoms. The lowest BCUT2D eigenvalue weighted by molar-refractivity contribution is 0.171. The Kier molecular flexibility index (Phi) is 5.32. The molecule has 0 heterocycles. The Hall–Kier alpha value is -0.900. The average molecular weight is 209 g/mol. The van der Waals surface area contributed by atoms with Gasteiger partial charge >= 0.3 is 0 Å². The summed E-state index contributed by atoms with van der Waals surface area (Å²) in [5.74, 6) is 0. The van der Waals surface area contributed by atoms with Crippen LogP contribution in [0.25, 0.3) is 0 Å². The molecule has 1 unspecified atom stereocenters. The number of nitrogens with one attached hydrogen (secondary N) is 1. The first-order valence-electron chi connectivity index (χ1n) is 5.17. The number of ether oxygens (including phenoxy) is 1. The number of aliphatic hydroxyl groups excluding tert-OH is 1. The van der Waals surface area contributed by atoms with E-state index in [9.17, 15) is 0 Å². The maximum absolute atomic E-state index is 8.88. The van der Waals surface area contributed by atoms with E-state index in [-0.39, 0.29) is 6.61 Å². The Labute approximate surface area is 91.1 Å². The monoisotopic (exact) mass is 209 g/mol. The molecule has 2 N–H and O–H groups in total. The summed E-state index contributed by atoms with van der Waals surface area (Å²) in [5.41, 5.74) is 2.17. The molecule has 0 saturated heterocycles. The summed E-state index contributed by atoms with van der Waals surface area (Å²) in [5, 5.41) is 12.2. The molecule has 0 aliphatic carbocycles. The molecule has 1 atom stereocenters. The summed E-state index contributed by atoms with van der Waals surface area (Å²) < 4.78 is 5.03. The fourth-order valence-electron chi connectivity index (χ4n) is 1.36. The molecule has 1 aromatic carbocycles. The lowest BCUT2D eigenvalue weighted by atomic mass is 10.1. The minimum Gasteiger partial charge on any atom is -0.392 e. The molecule has 0 aliphatic rings. The predicted molar refractivity (Wildman–Crippen MR) is 60.5 cm³/mol. The van der Waals surface area contributed by atoms with E-state index in [0.29, 0.717) is 12.6 Å². The quantitative estimate of drug-likeness (QED) is 0.742. The van der Waals surface area contributed by atoms with E-state index in [0.717, 1.165) is 12.1 Å². The molecule has 0 aliphatic heterocycles. The van der Waals surface area contributed by atoms with Crippen molar-refractivity contribution in [1.82, 2.24) is 5.32 Å². The van der Waals surface area contributed by atoms with Gasteiger partial charge in [-0.3, -0.25) is 0 Å². The van der Waals surface area contributed by atoms with Crippen molar-refractivity contribution in [3.05, 3.63) is 35.4 Å². The third-order valence-electron chi connectivity index (χ3n) is 2.28. The molecular weight excluding hydrogens is 190 g/mol. The standard InChI is InChI=1S/C12H19NO2/c1-10(9-15-2)13-7-11-3-5-12(8-14)6-4-11/h3-6,10,13-14H,7-9H2,1-2H3. The molecule has 0 spiro atoms. The van der Waals surface area contributed by atoms with Gasteiger partial charge in [-0.25, -0.2) is 0 Å². The van der Waals surface area contributed by atoms with E-state index in [1.165, 1.54) is 5.56 Å². The molecule has 1 rings (SSSR count). The number of hydrogen-bond acceptors (Lipinski definition) is 3. The third-order valence-corrected chi connectivity index (χ3v) is 2.28. The first-order chi connectivity index (χ1) is 7.26. The smallest absolute Gasteiger partial charge is 0.0681 e. The topological polar surface area (TPSA) is 41.5 Å². The Bertz CT molecular complexity index is 271. The summed E-state index contributed by atoms with van der Waals surface area (Å²) >= 11 is 0. The molecule has 3 heteroatoms. The van der Waals surface area contributed by atoms with Crippen molar-refractivity contribution in [3.8, 4) is 0 Å². The van der Waals surface area contributed by atoms with Crippen molar-refractivity contribution in [1.29, 1.82) is 0 Å². The van der Waals surface area contributed by atoms with Gasteiger partial charge in [-0.1, -0.05) is 24.3 Å². The van der Waals surface area contributed by atoms with Crippen LogP contribution in [0.1, 0.15) is 18.1 Å². The van der Waals surface area contributed by atoms with Crippen molar-refractivity contribution in [2.75, 3.05) is 13.7 Å². The Balaban J connectivity index is 2.37. The van der Waals surface area contributed by atoms with E-state index in [1.54, 1.807) is 7.11 Å². The molecule has 3 nitrogen and oxygen atoms in total. The van der Waals surface area contributed by atoms with E-state index in [1.807, 2.05) is 24.3 Å². The summed E-state index contributed by atoms with van der Waals surface area (Å²) in [7, 11) is 1.70. The van der Waals surface area contributed by atoms with Crippen LogP contribution >= 0.6 is 0 Å². The van der Waals surface area contributed by atoms with Crippen molar-refractivity contribution in [2.45, 2.75) is 26.1 Å². The molecule has 0 saturated carbocycles. The number of hydrogen-bond donors (Lipinski definition) is 2. The zero-order valence-electron chi connectivity index (χ0n) is 9.36. The van der Waals surface area contributed by atoms with Crippen LogP contribution in [-0.2, 0) is 17.9 Å². The summed E-state index contributed by atoms with van der Waals surface area (Å²) in [6.45, 7) is 3.74. The fraction of sp³-hybridized carbons (Fsp3) is 0.500. The summed E-state index contributed by atoms with van der Waals surface area (Å²) in [4.78, 5) is 0. The molecule has 0 aromatic heterocycles. The fourth-order valence-corrected chi connectivity index (χ4v) is 1.36. The number of rotatable bonds is 6. The van der Waals surface area contributed by atoms with Crippen LogP contribution < -0.4 is 5.32 Å². The second kappa shape index (κ2) is 6.56. The summed E-state index contributed by atoms with van der Waals surface area (Å²) in [6.07, 6.45) is 0. The van der Waals surface area contributed by atoms with Gasteiger partial charge in [0.25, 0.3) is 0 Å². The average Bonchev–Trinajstić information content (AvgIpc) is 2.27. The Morgan fingerprint density at radius 1 is 1.27 bits per heavy atom. The van der Waals surface area contributed by atoms with Gasteiger partial charge < -0.3 is 15.2 Å². The van der Waals surface area contributed by atoms with Crippen molar-refractivity contribution >= 4 is 0 Å². The molecule has 0 fully saturated rings. The molecular formula is C12H19NO2. The highest BCUT2D eigenvalue weighted by molar-refractivity contribution is 5.21. The Morgan fingerprint density at radius 3 is 2.40 bits per heavy atom. The molecule has 84 valence electrons. The summed E-state index contributed by atoms with van der Waals surface area (Å²) in [6, 6.07) is 8.29. The van der Waals surface area contributed by atoms with Crippen LogP contribution in [0.15, 0.2) is 24.3 Å². The van der Waals surface area contributed by atoms with E-state index >= 15 is 0 Å². The lowest BCUT2D eigenvalue weighted by Gasteiger charge is -2.12. The van der Waals surface area contributed by atoms with Crippen LogP contribution in [-0.4, -0.2) is 24.9 Å². The second-order valence-corrected chi connectivity index (χ2v) is 3.71. The van der Waals surface area contributed by atoms with Crippen molar-refractivity contribution in [3.63, 3.8) is 0 Å². The minimum absolute atomic E-state index is 0.105. The van der Waals surface area contributed by atoms with Gasteiger partial charge in [0.05, 0.1) is 13.2 Å². The van der Waals surface area contributed by atoms with E-state index in [4.69, 9.17) is 9.84 Å². The van der Waals surface area contributed by atoms with Crippen molar-refractivity contribution < 1.29 is 9.84 Å². The highest BCUT2D eigenvalue weighted by Crippen LogP contribution is 2.04. The van der Waals surface area contributed by atoms with Gasteiger partial charge in [0.1, 0.15) is 0 Å². The van der Waals surface area contributed by atoms with Gasteiger partial charge in [0.15, 0.2) is 0 Å². The molecule has 0 amide bonds. The van der Waals surface area contributed by atoms with Crippen LogP contribution in [0, 0.1) is 0 Å². The Morgan fingerprint density at radius 2 is 1.87 bits per heavy atom. The van der Waals surface area contributed by atoms with Gasteiger partial charge in [-0.05, 0) is 18.1 Å². The first-order valence-corrected chi connectivity index (χ1v) is 5.17. The van der Waals surface area contributed by atoms with E-state index in [2.05, 4.69) is 12.2 Å². The van der Waals surface area contributed by atoms with Crippen LogP contribution in [0.3, 0.4) is 0 Å². The normalized spacial score (nSPS) is 12.7. The molecule has 1 aromatic rings. The van der Waals surface area contributed by atoms with E-state index < -0.39 is 0 Å². The van der Waals surface area contributed by atoms with Crippen molar-refractivity contribution in [2.24, 2.45) is 0 Å².